The first-order valence-corrected chi connectivity index (χ1v) is 14.7. The van der Waals surface area contributed by atoms with Gasteiger partial charge in [-0.3, -0.25) is 0 Å². The fourth-order valence-electron chi connectivity index (χ4n) is 3.71. The van der Waals surface area contributed by atoms with Crippen LogP contribution in [0.2, 0.25) is 0 Å². The third kappa shape index (κ3) is 8.20. The van der Waals surface area contributed by atoms with Crippen molar-refractivity contribution in [3.8, 4) is 11.5 Å². The molecule has 3 aromatic rings. The molecule has 0 aliphatic heterocycles. The summed E-state index contributed by atoms with van der Waals surface area (Å²) >= 11 is -0.844. The van der Waals surface area contributed by atoms with E-state index in [1.165, 1.54) is 38.3 Å². The van der Waals surface area contributed by atoms with Crippen molar-refractivity contribution in [3.05, 3.63) is 80.0 Å². The Morgan fingerprint density at radius 2 is 1.14 bits per heavy atom. The van der Waals surface area contributed by atoms with Crippen LogP contribution in [-0.4, -0.2) is 4.31 Å². The summed E-state index contributed by atoms with van der Waals surface area (Å²) in [6.45, 7) is 22.1. The Bertz CT molecular complexity index is 1120. The van der Waals surface area contributed by atoms with Crippen LogP contribution in [-0.2, 0) is 29.0 Å². The third-order valence-corrected chi connectivity index (χ3v) is 9.49. The summed E-state index contributed by atoms with van der Waals surface area (Å²) in [5.74, 6) is 1.88. The van der Waals surface area contributed by atoms with Crippen LogP contribution in [0.5, 0.6) is 11.5 Å². The molecule has 0 bridgehead atoms. The van der Waals surface area contributed by atoms with Crippen LogP contribution in [0, 0.1) is 27.7 Å². The molecule has 35 heavy (non-hydrogen) atoms. The maximum Gasteiger partial charge on any atom is -0.147 e. The minimum absolute atomic E-state index is 0. The van der Waals surface area contributed by atoms with Crippen molar-refractivity contribution in [1.82, 2.24) is 0 Å². The second-order valence-corrected chi connectivity index (χ2v) is 14.1. The molecule has 192 valence electrons. The van der Waals surface area contributed by atoms with Crippen molar-refractivity contribution in [2.45, 2.75) is 80.1 Å². The predicted octanol–water partition coefficient (Wildman–Crippen LogP) is 9.18. The van der Waals surface area contributed by atoms with Gasteiger partial charge in [0.1, 0.15) is 0 Å². The van der Waals surface area contributed by atoms with E-state index in [2.05, 4.69) is 115 Å². The van der Waals surface area contributed by atoms with E-state index in [0.717, 1.165) is 11.5 Å². The first kappa shape index (κ1) is 31.9. The average molecular weight is 571 g/mol. The molecule has 6 heteroatoms. The first-order valence-electron chi connectivity index (χ1n) is 11.6. The normalized spacial score (nSPS) is 11.3. The molecular formula is C29H40Cl2O2STi. The molecular weight excluding hydrogens is 531 g/mol. The Morgan fingerprint density at radius 1 is 0.714 bits per heavy atom. The van der Waals surface area contributed by atoms with Gasteiger partial charge in [-0.2, -0.15) is 0 Å². The van der Waals surface area contributed by atoms with Crippen LogP contribution in [0.25, 0.3) is 0 Å². The van der Waals surface area contributed by atoms with Gasteiger partial charge in [0.2, 0.25) is 0 Å². The summed E-state index contributed by atoms with van der Waals surface area (Å²) < 4.78 is 15.9. The Labute approximate surface area is 235 Å². The molecule has 0 aliphatic carbocycles. The van der Waals surface area contributed by atoms with E-state index in [0.29, 0.717) is 0 Å². The van der Waals surface area contributed by atoms with Crippen molar-refractivity contribution in [3.63, 3.8) is 0 Å². The fourth-order valence-corrected chi connectivity index (χ4v) is 7.46. The predicted molar refractivity (Wildman–Crippen MR) is 154 cm³/mol. The zero-order chi connectivity index (χ0) is 24.6. The summed E-state index contributed by atoms with van der Waals surface area (Å²) in [6, 6.07) is 13.0. The molecule has 0 unspecified atom stereocenters. The van der Waals surface area contributed by atoms with E-state index in [-0.39, 0.29) is 35.6 Å². The minimum Gasteiger partial charge on any atom is -0.147 e. The summed E-state index contributed by atoms with van der Waals surface area (Å²) in [6.07, 6.45) is 0. The van der Waals surface area contributed by atoms with E-state index in [4.69, 9.17) is 6.64 Å². The molecule has 3 rings (SSSR count). The smallest absolute Gasteiger partial charge is 0.147 e. The largest absolute Gasteiger partial charge is 0.147 e. The van der Waals surface area contributed by atoms with Gasteiger partial charge in [-0.05, 0) is 0 Å². The molecule has 2 nitrogen and oxygen atoms in total. The van der Waals surface area contributed by atoms with Gasteiger partial charge in [-0.15, -0.1) is 24.8 Å². The Hall–Kier alpha value is -1.10. The van der Waals surface area contributed by atoms with E-state index >= 15 is 0 Å². The molecule has 2 aromatic carbocycles. The van der Waals surface area contributed by atoms with Crippen molar-refractivity contribution >= 4 is 40.5 Å². The maximum absolute atomic E-state index is 6.79. The number of benzene rings is 2. The first-order chi connectivity index (χ1) is 15.3. The van der Waals surface area contributed by atoms with E-state index in [9.17, 15) is 0 Å². The zero-order valence-electron chi connectivity index (χ0n) is 22.7. The standard InChI is InChI=1S/2C11H16O.C7H8S.2ClH.Ti/c2*1-8-5-6-10(12)9(7-8)11(2,3)4;1-5-4-8-7(3)6(5)2;;;/h2*5-7,12H,1-4H3;3-4H,1-2H3;2*1H;/q;;;;;+2/p-2. The van der Waals surface area contributed by atoms with Gasteiger partial charge in [0.25, 0.3) is 0 Å². The Morgan fingerprint density at radius 3 is 1.49 bits per heavy atom. The Kier molecular flexibility index (Phi) is 11.3. The van der Waals surface area contributed by atoms with Crippen LogP contribution >= 0.6 is 36.2 Å². The van der Waals surface area contributed by atoms with Crippen molar-refractivity contribution in [1.29, 1.82) is 0 Å². The van der Waals surface area contributed by atoms with Gasteiger partial charge in [0.15, 0.2) is 0 Å². The molecule has 0 saturated carbocycles. The van der Waals surface area contributed by atoms with Crippen molar-refractivity contribution in [2.24, 2.45) is 0 Å². The van der Waals surface area contributed by atoms with Gasteiger partial charge < -0.3 is 0 Å². The van der Waals surface area contributed by atoms with Crippen molar-refractivity contribution in [2.75, 3.05) is 0 Å². The monoisotopic (exact) mass is 570 g/mol. The van der Waals surface area contributed by atoms with Crippen LogP contribution in [0.15, 0.2) is 41.8 Å². The van der Waals surface area contributed by atoms with Crippen LogP contribution in [0.3, 0.4) is 0 Å². The average Bonchev–Trinajstić information content (AvgIpc) is 3.01. The SMILES string of the molecule is Cc1ccc([O][Ti](=[CH]c2scc(C)c2C)[O]c2ccc(C)cc2C(C)(C)C)c(C(C)(C)C)c1.Cl.Cl. The van der Waals surface area contributed by atoms with Gasteiger partial charge in [-0.1, -0.05) is 0 Å². The summed E-state index contributed by atoms with van der Waals surface area (Å²) in [4.78, 5) is 1.26. The molecule has 1 heterocycles. The summed E-state index contributed by atoms with van der Waals surface area (Å²) in [5.41, 5.74) is 7.56. The number of aryl methyl sites for hydroxylation is 3. The van der Waals surface area contributed by atoms with E-state index in [1.807, 2.05) is 0 Å². The molecule has 0 atom stereocenters. The minimum atomic E-state index is -2.62. The van der Waals surface area contributed by atoms with Gasteiger partial charge in [0.05, 0.1) is 0 Å². The van der Waals surface area contributed by atoms with Gasteiger partial charge >= 0.3 is 212 Å². The Balaban J connectivity index is 0.00000306. The number of hydrogen-bond acceptors (Lipinski definition) is 3. The second-order valence-electron chi connectivity index (χ2n) is 11.1. The molecule has 0 aliphatic rings. The quantitative estimate of drug-likeness (QED) is 0.285. The topological polar surface area (TPSA) is 18.5 Å². The van der Waals surface area contributed by atoms with Gasteiger partial charge in [-0.25, -0.2) is 0 Å². The number of thiophene rings is 1. The number of halogens is 2. The van der Waals surface area contributed by atoms with Crippen molar-refractivity contribution < 1.29 is 24.8 Å². The molecule has 0 saturated heterocycles. The maximum atomic E-state index is 6.79. The number of rotatable bonds is 5. The molecule has 0 spiro atoms. The summed E-state index contributed by atoms with van der Waals surface area (Å²) in [5, 5.41) is 2.22. The van der Waals surface area contributed by atoms with Crippen LogP contribution in [0.4, 0.5) is 0 Å². The fraction of sp³-hybridized carbons (Fsp3) is 0.414. The molecule has 0 fully saturated rings. The molecule has 0 amide bonds. The second kappa shape index (κ2) is 12.4. The van der Waals surface area contributed by atoms with Crippen LogP contribution < -0.4 is 6.64 Å². The van der Waals surface area contributed by atoms with Crippen LogP contribution in [0.1, 0.15) is 79.8 Å². The molecule has 1 aromatic heterocycles. The third-order valence-electron chi connectivity index (χ3n) is 5.88. The summed E-state index contributed by atoms with van der Waals surface area (Å²) in [7, 11) is 0. The molecule has 0 N–H and O–H groups in total. The van der Waals surface area contributed by atoms with E-state index in [1.54, 1.807) is 11.3 Å². The van der Waals surface area contributed by atoms with E-state index < -0.39 is 18.2 Å². The van der Waals surface area contributed by atoms with Gasteiger partial charge in [0, 0.05) is 0 Å². The number of hydrogen-bond donors (Lipinski definition) is 0. The zero-order valence-corrected chi connectivity index (χ0v) is 26.7. The molecule has 0 radical (unpaired) electrons.